The first kappa shape index (κ1) is 16.2. The zero-order valence-electron chi connectivity index (χ0n) is 13.0. The number of hydrogen-bond acceptors (Lipinski definition) is 3. The molecule has 1 aliphatic carbocycles. The minimum absolute atomic E-state index is 0.149. The Kier molecular flexibility index (Phi) is 5.15. The number of rotatable bonds is 4. The monoisotopic (exact) mass is 309 g/mol. The molecule has 1 fully saturated rings. The van der Waals surface area contributed by atoms with Crippen LogP contribution in [0.2, 0.25) is 5.02 Å². The predicted molar refractivity (Wildman–Crippen MR) is 86.6 cm³/mol. The normalized spacial score (nSPS) is 29.0. The number of anilines is 1. The fourth-order valence-electron chi connectivity index (χ4n) is 3.23. The third kappa shape index (κ3) is 3.52. The van der Waals surface area contributed by atoms with Crippen molar-refractivity contribution in [1.82, 2.24) is 0 Å². The van der Waals surface area contributed by atoms with E-state index in [9.17, 15) is 4.79 Å². The Morgan fingerprint density at radius 3 is 2.86 bits per heavy atom. The molecule has 1 aromatic carbocycles. The second-order valence-electron chi connectivity index (χ2n) is 6.11. The van der Waals surface area contributed by atoms with E-state index >= 15 is 0 Å². The molecule has 1 saturated carbocycles. The smallest absolute Gasteiger partial charge is 0.332 e. The minimum atomic E-state index is -0.654. The highest BCUT2D eigenvalue weighted by Crippen LogP contribution is 2.40. The highest BCUT2D eigenvalue weighted by molar-refractivity contribution is 6.30. The van der Waals surface area contributed by atoms with Crippen LogP contribution in [0.15, 0.2) is 24.3 Å². The number of ether oxygens (including phenoxy) is 1. The van der Waals surface area contributed by atoms with Gasteiger partial charge >= 0.3 is 5.97 Å². The van der Waals surface area contributed by atoms with Crippen LogP contribution in [0.1, 0.15) is 40.0 Å². The van der Waals surface area contributed by atoms with Crippen molar-refractivity contribution in [2.75, 3.05) is 11.9 Å². The number of carbonyl (C=O) groups is 1. The number of halogens is 1. The molecule has 3 unspecified atom stereocenters. The second-order valence-corrected chi connectivity index (χ2v) is 6.55. The molecule has 1 N–H and O–H groups in total. The summed E-state index contributed by atoms with van der Waals surface area (Å²) in [5, 5.41) is 4.10. The molecule has 0 amide bonds. The van der Waals surface area contributed by atoms with Crippen LogP contribution in [0.5, 0.6) is 0 Å². The van der Waals surface area contributed by atoms with Crippen molar-refractivity contribution in [2.45, 2.75) is 45.6 Å². The fraction of sp³-hybridized carbons (Fsp3) is 0.588. The zero-order chi connectivity index (χ0) is 15.5. The highest BCUT2D eigenvalue weighted by Gasteiger charge is 2.48. The zero-order valence-corrected chi connectivity index (χ0v) is 13.7. The molecule has 0 aliphatic heterocycles. The summed E-state index contributed by atoms with van der Waals surface area (Å²) in [4.78, 5) is 12.6. The van der Waals surface area contributed by atoms with Crippen LogP contribution in [-0.4, -0.2) is 18.1 Å². The van der Waals surface area contributed by atoms with E-state index in [1.165, 1.54) is 0 Å². The predicted octanol–water partition coefficient (Wildman–Crippen LogP) is 4.51. The van der Waals surface area contributed by atoms with Gasteiger partial charge in [0.1, 0.15) is 5.54 Å². The largest absolute Gasteiger partial charge is 0.464 e. The Balaban J connectivity index is 2.33. The maximum atomic E-state index is 12.6. The Morgan fingerprint density at radius 2 is 2.19 bits per heavy atom. The number of nitrogens with one attached hydrogen (secondary N) is 1. The third-order valence-corrected chi connectivity index (χ3v) is 4.67. The van der Waals surface area contributed by atoms with Gasteiger partial charge in [-0.05, 0) is 49.8 Å². The maximum Gasteiger partial charge on any atom is 0.332 e. The van der Waals surface area contributed by atoms with E-state index in [-0.39, 0.29) is 11.9 Å². The lowest BCUT2D eigenvalue weighted by atomic mass is 9.69. The molecule has 0 heterocycles. The van der Waals surface area contributed by atoms with Crippen molar-refractivity contribution in [3.05, 3.63) is 29.3 Å². The van der Waals surface area contributed by atoms with Crippen LogP contribution in [0.3, 0.4) is 0 Å². The summed E-state index contributed by atoms with van der Waals surface area (Å²) in [5.74, 6) is 0.577. The van der Waals surface area contributed by atoms with Crippen LogP contribution in [0.4, 0.5) is 5.69 Å². The molecule has 4 heteroatoms. The third-order valence-electron chi connectivity index (χ3n) is 4.44. The molecule has 3 nitrogen and oxygen atoms in total. The minimum Gasteiger partial charge on any atom is -0.464 e. The Bertz CT molecular complexity index is 505. The molecule has 0 radical (unpaired) electrons. The van der Waals surface area contributed by atoms with Crippen molar-refractivity contribution < 1.29 is 9.53 Å². The van der Waals surface area contributed by atoms with Crippen molar-refractivity contribution in [2.24, 2.45) is 11.8 Å². The van der Waals surface area contributed by atoms with E-state index in [2.05, 4.69) is 19.2 Å². The molecule has 0 bridgehead atoms. The van der Waals surface area contributed by atoms with Crippen molar-refractivity contribution in [3.63, 3.8) is 0 Å². The lowest BCUT2D eigenvalue weighted by molar-refractivity contribution is -0.152. The molecule has 3 atom stereocenters. The highest BCUT2D eigenvalue weighted by atomic mass is 35.5. The van der Waals surface area contributed by atoms with Crippen LogP contribution in [0, 0.1) is 11.8 Å². The number of benzene rings is 1. The summed E-state index contributed by atoms with van der Waals surface area (Å²) >= 11 is 6.06. The number of carbonyl (C=O) groups excluding carboxylic acids is 1. The maximum absolute atomic E-state index is 12.6. The Labute approximate surface area is 132 Å². The number of esters is 1. The molecule has 1 aliphatic rings. The van der Waals surface area contributed by atoms with Crippen LogP contribution < -0.4 is 5.32 Å². The quantitative estimate of drug-likeness (QED) is 0.832. The van der Waals surface area contributed by atoms with Gasteiger partial charge in [-0.1, -0.05) is 37.9 Å². The molecular formula is C17H24ClNO2. The fourth-order valence-corrected chi connectivity index (χ4v) is 3.42. The summed E-state index contributed by atoms with van der Waals surface area (Å²) in [5.41, 5.74) is 0.217. The van der Waals surface area contributed by atoms with Gasteiger partial charge in [-0.3, -0.25) is 0 Å². The van der Waals surface area contributed by atoms with Crippen molar-refractivity contribution >= 4 is 23.3 Å². The summed E-state index contributed by atoms with van der Waals surface area (Å²) in [6.45, 7) is 6.57. The van der Waals surface area contributed by atoms with E-state index in [0.29, 0.717) is 17.5 Å². The first-order chi connectivity index (χ1) is 9.98. The first-order valence-electron chi connectivity index (χ1n) is 7.69. The molecule has 0 saturated heterocycles. The van der Waals surface area contributed by atoms with E-state index in [0.717, 1.165) is 24.9 Å². The standard InChI is InChI=1S/C17H24ClNO2/c1-4-21-16(20)17(11-12(2)8-9-13(17)3)19-15-7-5-6-14(18)10-15/h5-7,10,12-13,19H,4,8-9,11H2,1-3H3. The molecule has 21 heavy (non-hydrogen) atoms. The molecular weight excluding hydrogens is 286 g/mol. The van der Waals surface area contributed by atoms with Crippen LogP contribution >= 0.6 is 11.6 Å². The lowest BCUT2D eigenvalue weighted by Crippen LogP contribution is -2.55. The average Bonchev–Trinajstić information content (AvgIpc) is 2.43. The molecule has 116 valence electrons. The van der Waals surface area contributed by atoms with Gasteiger partial charge in [0.05, 0.1) is 6.61 Å². The van der Waals surface area contributed by atoms with Gasteiger partial charge in [0, 0.05) is 10.7 Å². The number of hydrogen-bond donors (Lipinski definition) is 1. The van der Waals surface area contributed by atoms with E-state index in [1.807, 2.05) is 31.2 Å². The molecule has 2 rings (SSSR count). The topological polar surface area (TPSA) is 38.3 Å². The summed E-state index contributed by atoms with van der Waals surface area (Å²) < 4.78 is 5.37. The van der Waals surface area contributed by atoms with Crippen LogP contribution in [0.25, 0.3) is 0 Å². The summed E-state index contributed by atoms with van der Waals surface area (Å²) in [6, 6.07) is 7.52. The lowest BCUT2D eigenvalue weighted by Gasteiger charge is -2.44. The first-order valence-corrected chi connectivity index (χ1v) is 8.06. The van der Waals surface area contributed by atoms with Gasteiger partial charge in [0.25, 0.3) is 0 Å². The molecule has 0 aromatic heterocycles. The Hall–Kier alpha value is -1.22. The summed E-state index contributed by atoms with van der Waals surface area (Å²) in [7, 11) is 0. The van der Waals surface area contributed by atoms with Crippen LogP contribution in [-0.2, 0) is 9.53 Å². The van der Waals surface area contributed by atoms with Gasteiger partial charge in [-0.2, -0.15) is 0 Å². The van der Waals surface area contributed by atoms with E-state index in [4.69, 9.17) is 16.3 Å². The van der Waals surface area contributed by atoms with Crippen molar-refractivity contribution in [1.29, 1.82) is 0 Å². The van der Waals surface area contributed by atoms with Gasteiger partial charge in [0.2, 0.25) is 0 Å². The van der Waals surface area contributed by atoms with Gasteiger partial charge in [-0.25, -0.2) is 4.79 Å². The van der Waals surface area contributed by atoms with Crippen molar-refractivity contribution in [3.8, 4) is 0 Å². The second kappa shape index (κ2) is 6.69. The average molecular weight is 310 g/mol. The summed E-state index contributed by atoms with van der Waals surface area (Å²) in [6.07, 6.45) is 2.96. The van der Waals surface area contributed by atoms with E-state index < -0.39 is 5.54 Å². The van der Waals surface area contributed by atoms with Gasteiger partial charge in [-0.15, -0.1) is 0 Å². The van der Waals surface area contributed by atoms with Gasteiger partial charge < -0.3 is 10.1 Å². The SMILES string of the molecule is CCOC(=O)C1(Nc2cccc(Cl)c2)CC(C)CCC1C. The van der Waals surface area contributed by atoms with Gasteiger partial charge in [0.15, 0.2) is 0 Å². The molecule has 0 spiro atoms. The Morgan fingerprint density at radius 1 is 1.43 bits per heavy atom. The molecule has 1 aromatic rings. The van der Waals surface area contributed by atoms with E-state index in [1.54, 1.807) is 0 Å².